The van der Waals surface area contributed by atoms with E-state index in [1.165, 1.54) is 6.07 Å². The van der Waals surface area contributed by atoms with Gasteiger partial charge in [-0.3, -0.25) is 4.79 Å². The number of hydrogen-bond donors (Lipinski definition) is 1. The molecule has 1 amide bonds. The number of nitrogens with zero attached hydrogens (tertiary/aromatic N) is 1. The first kappa shape index (κ1) is 16.3. The van der Waals surface area contributed by atoms with Gasteiger partial charge >= 0.3 is 0 Å². The highest BCUT2D eigenvalue weighted by atomic mass is 35.5. The van der Waals surface area contributed by atoms with Crippen LogP contribution >= 0.6 is 11.6 Å². The number of nitrogens with two attached hydrogens (primary N) is 1. The van der Waals surface area contributed by atoms with Gasteiger partial charge in [0, 0.05) is 18.7 Å². The van der Waals surface area contributed by atoms with Gasteiger partial charge in [0.05, 0.1) is 5.02 Å². The molecular weight excluding hydrogens is 312 g/mol. The number of halogens is 1. The Bertz CT molecular complexity index is 669. The molecule has 7 heteroatoms. The number of aryl methyl sites for hydroxylation is 1. The molecule has 0 aromatic heterocycles. The molecule has 0 unspecified atom stereocenters. The summed E-state index contributed by atoms with van der Waals surface area (Å²) in [6.07, 6.45) is 2.29. The Hall–Kier alpha value is -1.11. The molecule has 1 aliphatic carbocycles. The fraction of sp³-hybridized carbons (Fsp3) is 0.500. The Morgan fingerprint density at radius 1 is 1.43 bits per heavy atom. The first-order valence-electron chi connectivity index (χ1n) is 6.86. The van der Waals surface area contributed by atoms with Gasteiger partial charge < -0.3 is 4.90 Å². The highest BCUT2D eigenvalue weighted by molar-refractivity contribution is 7.89. The van der Waals surface area contributed by atoms with Gasteiger partial charge in [-0.1, -0.05) is 11.6 Å². The second kappa shape index (κ2) is 5.94. The number of benzene rings is 1. The summed E-state index contributed by atoms with van der Waals surface area (Å²) in [5.74, 6) is 0.383. The molecule has 1 fully saturated rings. The first-order chi connectivity index (χ1) is 9.74. The lowest BCUT2D eigenvalue weighted by atomic mass is 10.1. The second-order valence-electron chi connectivity index (χ2n) is 5.44. The normalized spacial score (nSPS) is 15.0. The molecule has 0 atom stereocenters. The van der Waals surface area contributed by atoms with Crippen molar-refractivity contribution in [1.82, 2.24) is 4.90 Å². The molecule has 1 aliphatic rings. The zero-order valence-corrected chi connectivity index (χ0v) is 13.7. The molecule has 5 nitrogen and oxygen atoms in total. The van der Waals surface area contributed by atoms with E-state index in [0.29, 0.717) is 30.1 Å². The van der Waals surface area contributed by atoms with Crippen molar-refractivity contribution in [3.63, 3.8) is 0 Å². The number of carbonyl (C=O) groups excluding carboxylic acids is 1. The molecule has 0 spiro atoms. The van der Waals surface area contributed by atoms with Gasteiger partial charge in [-0.15, -0.1) is 0 Å². The number of rotatable bonds is 5. The van der Waals surface area contributed by atoms with Crippen molar-refractivity contribution in [2.24, 2.45) is 11.1 Å². The van der Waals surface area contributed by atoms with Crippen molar-refractivity contribution in [3.05, 3.63) is 28.3 Å². The van der Waals surface area contributed by atoms with E-state index in [2.05, 4.69) is 0 Å². The van der Waals surface area contributed by atoms with Crippen LogP contribution in [0.3, 0.4) is 0 Å². The molecule has 0 aliphatic heterocycles. The van der Waals surface area contributed by atoms with Gasteiger partial charge in [-0.2, -0.15) is 0 Å². The minimum atomic E-state index is -3.96. The van der Waals surface area contributed by atoms with Crippen LogP contribution in [0, 0.1) is 12.8 Å². The lowest BCUT2D eigenvalue weighted by molar-refractivity contribution is 0.0756. The van der Waals surface area contributed by atoms with Crippen LogP contribution in [0.25, 0.3) is 0 Å². The Labute approximate surface area is 130 Å². The van der Waals surface area contributed by atoms with Gasteiger partial charge in [0.1, 0.15) is 4.90 Å². The number of amides is 1. The van der Waals surface area contributed by atoms with Crippen molar-refractivity contribution >= 4 is 27.5 Å². The number of carbonyl (C=O) groups is 1. The van der Waals surface area contributed by atoms with Gasteiger partial charge in [0.2, 0.25) is 10.0 Å². The van der Waals surface area contributed by atoms with Crippen LogP contribution in [0.4, 0.5) is 0 Å². The smallest absolute Gasteiger partial charge is 0.253 e. The molecular formula is C14H19ClN2O3S. The van der Waals surface area contributed by atoms with Crippen LogP contribution in [0.2, 0.25) is 5.02 Å². The van der Waals surface area contributed by atoms with Gasteiger partial charge in [-0.25, -0.2) is 13.6 Å². The molecule has 0 heterocycles. The number of primary sulfonamides is 1. The summed E-state index contributed by atoms with van der Waals surface area (Å²) < 4.78 is 23.2. The van der Waals surface area contributed by atoms with E-state index < -0.39 is 10.0 Å². The first-order valence-corrected chi connectivity index (χ1v) is 8.78. The van der Waals surface area contributed by atoms with Gasteiger partial charge in [0.25, 0.3) is 5.91 Å². The summed E-state index contributed by atoms with van der Waals surface area (Å²) in [5, 5.41) is 5.23. The molecule has 1 aromatic carbocycles. The Morgan fingerprint density at radius 3 is 2.52 bits per heavy atom. The zero-order valence-electron chi connectivity index (χ0n) is 12.1. The summed E-state index contributed by atoms with van der Waals surface area (Å²) >= 11 is 5.98. The third-order valence-electron chi connectivity index (χ3n) is 3.62. The molecule has 0 radical (unpaired) electrons. The molecule has 21 heavy (non-hydrogen) atoms. The van der Waals surface area contributed by atoms with Crippen LogP contribution in [0.1, 0.15) is 35.7 Å². The van der Waals surface area contributed by atoms with Crippen LogP contribution < -0.4 is 5.14 Å². The minimum Gasteiger partial charge on any atom is -0.339 e. The third kappa shape index (κ3) is 3.75. The standard InChI is InChI=1S/C14H19ClN2O3S/c1-3-17(8-10-4-5-10)14(18)11-6-9(2)13(15)12(7-11)21(16,19)20/h6-7,10H,3-5,8H2,1-2H3,(H2,16,19,20). The molecule has 1 aromatic rings. The number of sulfonamides is 1. The predicted octanol–water partition coefficient (Wildman–Crippen LogP) is 2.17. The summed E-state index contributed by atoms with van der Waals surface area (Å²) in [6.45, 7) is 4.86. The largest absolute Gasteiger partial charge is 0.339 e. The fourth-order valence-electron chi connectivity index (χ4n) is 2.22. The van der Waals surface area contributed by atoms with Crippen molar-refractivity contribution in [1.29, 1.82) is 0 Å². The van der Waals surface area contributed by atoms with Crippen LogP contribution in [-0.2, 0) is 10.0 Å². The highest BCUT2D eigenvalue weighted by Crippen LogP contribution is 2.31. The van der Waals surface area contributed by atoms with Crippen LogP contribution in [-0.4, -0.2) is 32.3 Å². The van der Waals surface area contributed by atoms with Gasteiger partial charge in [0.15, 0.2) is 0 Å². The third-order valence-corrected chi connectivity index (χ3v) is 5.17. The van der Waals surface area contributed by atoms with Crippen molar-refractivity contribution in [3.8, 4) is 0 Å². The van der Waals surface area contributed by atoms with E-state index in [4.69, 9.17) is 16.7 Å². The second-order valence-corrected chi connectivity index (χ2v) is 7.35. The molecule has 2 rings (SSSR count). The molecule has 0 bridgehead atoms. The van der Waals surface area contributed by atoms with Gasteiger partial charge in [-0.05, 0) is 50.3 Å². The Morgan fingerprint density at radius 2 is 2.05 bits per heavy atom. The maximum absolute atomic E-state index is 12.5. The van der Waals surface area contributed by atoms with Crippen molar-refractivity contribution in [2.45, 2.75) is 31.6 Å². The van der Waals surface area contributed by atoms with E-state index in [-0.39, 0.29) is 15.8 Å². The average Bonchev–Trinajstić information content (AvgIpc) is 3.20. The number of hydrogen-bond acceptors (Lipinski definition) is 3. The summed E-state index contributed by atoms with van der Waals surface area (Å²) in [4.78, 5) is 14.1. The maximum atomic E-state index is 12.5. The van der Waals surface area contributed by atoms with E-state index >= 15 is 0 Å². The topological polar surface area (TPSA) is 80.5 Å². The molecule has 1 saturated carbocycles. The summed E-state index contributed by atoms with van der Waals surface area (Å²) in [5.41, 5.74) is 0.831. The maximum Gasteiger partial charge on any atom is 0.253 e. The summed E-state index contributed by atoms with van der Waals surface area (Å²) in [6, 6.07) is 2.87. The monoisotopic (exact) mass is 330 g/mol. The molecule has 2 N–H and O–H groups in total. The van der Waals surface area contributed by atoms with Crippen LogP contribution in [0.15, 0.2) is 17.0 Å². The quantitative estimate of drug-likeness (QED) is 0.898. The Balaban J connectivity index is 2.38. The SMILES string of the molecule is CCN(CC1CC1)C(=O)c1cc(C)c(Cl)c(S(N)(=O)=O)c1. The van der Waals surface area contributed by atoms with E-state index in [1.807, 2.05) is 6.92 Å². The zero-order chi connectivity index (χ0) is 15.8. The van der Waals surface area contributed by atoms with E-state index in [0.717, 1.165) is 12.8 Å². The lowest BCUT2D eigenvalue weighted by Gasteiger charge is -2.21. The average molecular weight is 331 g/mol. The molecule has 116 valence electrons. The van der Waals surface area contributed by atoms with Crippen molar-refractivity contribution in [2.75, 3.05) is 13.1 Å². The summed E-state index contributed by atoms with van der Waals surface area (Å²) in [7, 11) is -3.96. The van der Waals surface area contributed by atoms with E-state index in [9.17, 15) is 13.2 Å². The van der Waals surface area contributed by atoms with Crippen LogP contribution in [0.5, 0.6) is 0 Å². The van der Waals surface area contributed by atoms with E-state index in [1.54, 1.807) is 17.9 Å². The fourth-order valence-corrected chi connectivity index (χ4v) is 3.35. The molecule has 0 saturated heterocycles. The Kier molecular flexibility index (Phi) is 4.60. The predicted molar refractivity (Wildman–Crippen MR) is 81.9 cm³/mol. The highest BCUT2D eigenvalue weighted by Gasteiger charge is 2.27. The lowest BCUT2D eigenvalue weighted by Crippen LogP contribution is -2.33. The minimum absolute atomic E-state index is 0.0688. The van der Waals surface area contributed by atoms with Crippen molar-refractivity contribution < 1.29 is 13.2 Å².